The normalized spacial score (nSPS) is 13.6. The van der Waals surface area contributed by atoms with Gasteiger partial charge in [-0.1, -0.05) is 18.2 Å². The summed E-state index contributed by atoms with van der Waals surface area (Å²) in [5.74, 6) is 1.15. The average molecular weight is 445 g/mol. The standard InChI is InChI=1S/C26H19N7O/c34-26-22(13-18-7-3-11-28-18)21-9-8-20(14-23(21)30-26)29-19-6-1-4-16(12-19)24-31-25(33-32-24)17-5-2-10-27-15-17/h1-15,28-29H,(H,30,34)(H,31,32,33)/b22-13-. The Labute approximate surface area is 194 Å². The number of benzene rings is 2. The number of nitrogens with one attached hydrogen (secondary N) is 4. The summed E-state index contributed by atoms with van der Waals surface area (Å²) in [7, 11) is 0. The monoisotopic (exact) mass is 445 g/mol. The highest BCUT2D eigenvalue weighted by Crippen LogP contribution is 2.36. The molecule has 0 radical (unpaired) electrons. The fourth-order valence-corrected chi connectivity index (χ4v) is 3.93. The van der Waals surface area contributed by atoms with Crippen molar-refractivity contribution in [2.75, 3.05) is 10.6 Å². The number of aromatic nitrogens is 5. The maximum atomic E-state index is 12.5. The third-order valence-electron chi connectivity index (χ3n) is 5.55. The van der Waals surface area contributed by atoms with E-state index in [4.69, 9.17) is 0 Å². The number of amides is 1. The number of H-pyrrole nitrogens is 2. The Bertz CT molecular complexity index is 1520. The Balaban J connectivity index is 1.24. The minimum absolute atomic E-state index is 0.113. The van der Waals surface area contributed by atoms with Gasteiger partial charge in [-0.3, -0.25) is 14.9 Å². The van der Waals surface area contributed by atoms with Crippen molar-refractivity contribution in [2.45, 2.75) is 0 Å². The molecule has 0 bridgehead atoms. The lowest BCUT2D eigenvalue weighted by Crippen LogP contribution is -2.03. The minimum atomic E-state index is -0.113. The number of fused-ring (bicyclic) bond motifs is 1. The highest BCUT2D eigenvalue weighted by Gasteiger charge is 2.24. The smallest absolute Gasteiger partial charge is 0.256 e. The van der Waals surface area contributed by atoms with Crippen LogP contribution in [0.1, 0.15) is 11.3 Å². The third kappa shape index (κ3) is 3.73. The van der Waals surface area contributed by atoms with Crippen LogP contribution in [0.5, 0.6) is 0 Å². The van der Waals surface area contributed by atoms with E-state index in [-0.39, 0.29) is 5.91 Å². The van der Waals surface area contributed by atoms with Gasteiger partial charge in [-0.05, 0) is 54.6 Å². The number of carbonyl (C=O) groups excluding carboxylic acids is 1. The van der Waals surface area contributed by atoms with Crippen molar-refractivity contribution in [1.29, 1.82) is 0 Å². The van der Waals surface area contributed by atoms with E-state index in [1.54, 1.807) is 12.4 Å². The van der Waals surface area contributed by atoms with Crippen LogP contribution in [0.15, 0.2) is 85.3 Å². The molecule has 8 heteroatoms. The molecule has 0 spiro atoms. The van der Waals surface area contributed by atoms with E-state index in [9.17, 15) is 4.79 Å². The van der Waals surface area contributed by atoms with E-state index in [0.717, 1.165) is 39.4 Å². The molecule has 0 fully saturated rings. The second-order valence-corrected chi connectivity index (χ2v) is 7.85. The van der Waals surface area contributed by atoms with E-state index in [1.165, 1.54) is 0 Å². The SMILES string of the molecule is O=C1Nc2cc(Nc3cccc(-c4nc(-c5cccnc5)n[nH]4)c3)ccc2/C1=C/c1ccc[nH]1. The molecule has 4 heterocycles. The summed E-state index contributed by atoms with van der Waals surface area (Å²) in [6, 6.07) is 21.3. The third-order valence-corrected chi connectivity index (χ3v) is 5.55. The average Bonchev–Trinajstić information content (AvgIpc) is 3.61. The Hall–Kier alpha value is -4.98. The van der Waals surface area contributed by atoms with Gasteiger partial charge in [-0.25, -0.2) is 4.98 Å². The zero-order chi connectivity index (χ0) is 22.9. The first-order chi connectivity index (χ1) is 16.7. The molecule has 3 aromatic heterocycles. The van der Waals surface area contributed by atoms with Gasteiger partial charge in [-0.2, -0.15) is 5.10 Å². The van der Waals surface area contributed by atoms with Gasteiger partial charge in [0.1, 0.15) is 0 Å². The first-order valence-corrected chi connectivity index (χ1v) is 10.7. The van der Waals surface area contributed by atoms with Crippen LogP contribution in [0.2, 0.25) is 0 Å². The minimum Gasteiger partial charge on any atom is -0.362 e. The van der Waals surface area contributed by atoms with Crippen LogP contribution < -0.4 is 10.6 Å². The van der Waals surface area contributed by atoms with Crippen LogP contribution in [0.4, 0.5) is 17.1 Å². The molecule has 164 valence electrons. The quantitative estimate of drug-likeness (QED) is 0.281. The molecule has 0 atom stereocenters. The van der Waals surface area contributed by atoms with E-state index < -0.39 is 0 Å². The first kappa shape index (κ1) is 19.7. The maximum Gasteiger partial charge on any atom is 0.256 e. The van der Waals surface area contributed by atoms with Crippen molar-refractivity contribution in [1.82, 2.24) is 25.1 Å². The van der Waals surface area contributed by atoms with Gasteiger partial charge in [0.2, 0.25) is 0 Å². The summed E-state index contributed by atoms with van der Waals surface area (Å²) in [6.45, 7) is 0. The first-order valence-electron chi connectivity index (χ1n) is 10.7. The molecular formula is C26H19N7O. The largest absolute Gasteiger partial charge is 0.362 e. The summed E-state index contributed by atoms with van der Waals surface area (Å²) in [5.41, 5.74) is 6.69. The number of nitrogens with zero attached hydrogens (tertiary/aromatic N) is 3. The molecule has 0 saturated heterocycles. The van der Waals surface area contributed by atoms with Crippen molar-refractivity contribution >= 4 is 34.6 Å². The van der Waals surface area contributed by atoms with Gasteiger partial charge >= 0.3 is 0 Å². The number of hydrogen-bond acceptors (Lipinski definition) is 5. The Morgan fingerprint density at radius 3 is 2.68 bits per heavy atom. The van der Waals surface area contributed by atoms with Crippen LogP contribution >= 0.6 is 0 Å². The summed E-state index contributed by atoms with van der Waals surface area (Å²) >= 11 is 0. The Morgan fingerprint density at radius 2 is 1.82 bits per heavy atom. The summed E-state index contributed by atoms with van der Waals surface area (Å²) in [6.07, 6.45) is 7.14. The molecule has 2 aromatic carbocycles. The van der Waals surface area contributed by atoms with Crippen LogP contribution in [0.3, 0.4) is 0 Å². The summed E-state index contributed by atoms with van der Waals surface area (Å²) < 4.78 is 0. The summed E-state index contributed by atoms with van der Waals surface area (Å²) in [5, 5.41) is 13.7. The van der Waals surface area contributed by atoms with E-state index in [1.807, 2.05) is 79.0 Å². The van der Waals surface area contributed by atoms with E-state index in [0.29, 0.717) is 17.2 Å². The lowest BCUT2D eigenvalue weighted by atomic mass is 10.1. The number of aromatic amines is 2. The van der Waals surface area contributed by atoms with E-state index in [2.05, 4.69) is 35.8 Å². The maximum absolute atomic E-state index is 12.5. The number of carbonyl (C=O) groups is 1. The lowest BCUT2D eigenvalue weighted by Gasteiger charge is -2.09. The molecule has 0 aliphatic carbocycles. The van der Waals surface area contributed by atoms with Crippen LogP contribution in [-0.4, -0.2) is 31.1 Å². The van der Waals surface area contributed by atoms with Gasteiger partial charge in [0.25, 0.3) is 5.91 Å². The Morgan fingerprint density at radius 1 is 0.912 bits per heavy atom. The lowest BCUT2D eigenvalue weighted by molar-refractivity contribution is -0.110. The molecule has 8 nitrogen and oxygen atoms in total. The summed E-state index contributed by atoms with van der Waals surface area (Å²) in [4.78, 5) is 24.3. The number of rotatable bonds is 5. The zero-order valence-corrected chi connectivity index (χ0v) is 17.9. The molecule has 4 N–H and O–H groups in total. The molecule has 34 heavy (non-hydrogen) atoms. The Kier molecular flexibility index (Phi) is 4.73. The highest BCUT2D eigenvalue weighted by molar-refractivity contribution is 6.35. The molecule has 5 aromatic rings. The second-order valence-electron chi connectivity index (χ2n) is 7.85. The molecule has 0 unspecified atom stereocenters. The van der Waals surface area contributed by atoms with Crippen molar-refractivity contribution in [2.24, 2.45) is 0 Å². The predicted molar refractivity (Wildman–Crippen MR) is 132 cm³/mol. The molecule has 1 aliphatic rings. The fraction of sp³-hybridized carbons (Fsp3) is 0. The van der Waals surface area contributed by atoms with Crippen molar-refractivity contribution in [3.63, 3.8) is 0 Å². The zero-order valence-electron chi connectivity index (χ0n) is 17.9. The molecule has 6 rings (SSSR count). The van der Waals surface area contributed by atoms with E-state index >= 15 is 0 Å². The van der Waals surface area contributed by atoms with Gasteiger partial charge in [-0.15, -0.1) is 0 Å². The van der Waals surface area contributed by atoms with Crippen LogP contribution in [-0.2, 0) is 4.79 Å². The molecule has 1 amide bonds. The van der Waals surface area contributed by atoms with Gasteiger partial charge in [0, 0.05) is 52.3 Å². The number of anilines is 3. The van der Waals surface area contributed by atoms with Gasteiger partial charge in [0.15, 0.2) is 11.6 Å². The van der Waals surface area contributed by atoms with Crippen molar-refractivity contribution < 1.29 is 4.79 Å². The predicted octanol–water partition coefficient (Wildman–Crippen LogP) is 5.10. The van der Waals surface area contributed by atoms with Gasteiger partial charge in [0.05, 0.1) is 11.3 Å². The molecule has 1 aliphatic heterocycles. The van der Waals surface area contributed by atoms with Gasteiger partial charge < -0.3 is 15.6 Å². The molecule has 0 saturated carbocycles. The fourth-order valence-electron chi connectivity index (χ4n) is 3.93. The van der Waals surface area contributed by atoms with Crippen LogP contribution in [0, 0.1) is 0 Å². The second kappa shape index (κ2) is 8.18. The van der Waals surface area contributed by atoms with Crippen molar-refractivity contribution in [3.8, 4) is 22.8 Å². The highest BCUT2D eigenvalue weighted by atomic mass is 16.2. The number of pyridine rings is 1. The number of hydrogen-bond donors (Lipinski definition) is 4. The molecular weight excluding hydrogens is 426 g/mol. The van der Waals surface area contributed by atoms with Crippen molar-refractivity contribution in [3.05, 3.63) is 96.6 Å². The topological polar surface area (TPSA) is 111 Å². The van der Waals surface area contributed by atoms with Crippen LogP contribution in [0.25, 0.3) is 34.4 Å².